The first-order valence-electron chi connectivity index (χ1n) is 10.8. The Morgan fingerprint density at radius 1 is 1.21 bits per heavy atom. The summed E-state index contributed by atoms with van der Waals surface area (Å²) in [5.41, 5.74) is 2.81. The van der Waals surface area contributed by atoms with Crippen molar-refractivity contribution in [1.29, 1.82) is 0 Å². The smallest absolute Gasteiger partial charge is 0.342 e. The third-order valence-corrected chi connectivity index (χ3v) is 7.05. The highest BCUT2D eigenvalue weighted by atomic mass is 32.2. The quantitative estimate of drug-likeness (QED) is 0.264. The van der Waals surface area contributed by atoms with Crippen LogP contribution in [0.5, 0.6) is 0 Å². The normalized spacial score (nSPS) is 20.2. The number of imide groups is 1. The molecule has 0 aliphatic carbocycles. The number of quaternary nitrogens is 1. The predicted molar refractivity (Wildman–Crippen MR) is 126 cm³/mol. The lowest BCUT2D eigenvalue weighted by Gasteiger charge is -2.33. The fraction of sp³-hybridized carbons (Fsp3) is 0.261. The van der Waals surface area contributed by atoms with Gasteiger partial charge >= 0.3 is 11.9 Å². The number of rotatable bonds is 5. The van der Waals surface area contributed by atoms with Crippen molar-refractivity contribution in [1.82, 2.24) is 24.5 Å². The van der Waals surface area contributed by atoms with E-state index in [4.69, 9.17) is 0 Å². The Balaban J connectivity index is 1.37. The number of H-pyrrole nitrogens is 1. The Kier molecular flexibility index (Phi) is 5.69. The van der Waals surface area contributed by atoms with E-state index in [0.29, 0.717) is 23.0 Å². The minimum atomic E-state index is -0.297. The first-order chi connectivity index (χ1) is 16.1. The Labute approximate surface area is 194 Å². The monoisotopic (exact) mass is 462 g/mol. The van der Waals surface area contributed by atoms with Crippen LogP contribution in [0.1, 0.15) is 19.8 Å². The molecule has 4 aromatic rings. The molecule has 0 radical (unpaired) electrons. The predicted octanol–water partition coefficient (Wildman–Crippen LogP) is 3.99. The highest BCUT2D eigenvalue weighted by molar-refractivity contribution is 7.99. The molecule has 2 atom stereocenters. The average molecular weight is 463 g/mol. The van der Waals surface area contributed by atoms with Crippen molar-refractivity contribution < 1.29 is 14.1 Å². The van der Waals surface area contributed by atoms with E-state index in [0.717, 1.165) is 24.0 Å². The summed E-state index contributed by atoms with van der Waals surface area (Å²) in [5, 5.41) is 3.51. The third kappa shape index (κ3) is 3.91. The van der Waals surface area contributed by atoms with Crippen LogP contribution in [0.4, 0.5) is 10.5 Å². The molecule has 33 heavy (non-hydrogen) atoms. The molecule has 9 nitrogen and oxygen atoms in total. The van der Waals surface area contributed by atoms with Gasteiger partial charge in [-0.2, -0.15) is 4.48 Å². The summed E-state index contributed by atoms with van der Waals surface area (Å²) in [6, 6.07) is 11.0. The number of benzene rings is 1. The van der Waals surface area contributed by atoms with Gasteiger partial charge in [0, 0.05) is 25.2 Å². The summed E-state index contributed by atoms with van der Waals surface area (Å²) in [7, 11) is 0. The van der Waals surface area contributed by atoms with Gasteiger partial charge in [-0.1, -0.05) is 23.9 Å². The standard InChI is InChI=1S/C23H23N7O2S/c1-16-7-6-12-30(16,20(31)14-33-22-24-13-18-21(28-22)26-15-25-18)23(32)27-17-8-2-3-9-19(17)29-10-4-5-11-29/h2-5,8-11,13,15-16H,6-7,12,14H2,1H3,(H-,24,25,26,27,28,32)/p+1/t16-,30?/m1/s1. The van der Waals surface area contributed by atoms with Crippen LogP contribution in [0.2, 0.25) is 0 Å². The van der Waals surface area contributed by atoms with E-state index in [1.807, 2.05) is 60.3 Å². The lowest BCUT2D eigenvalue weighted by molar-refractivity contribution is -0.781. The second kappa shape index (κ2) is 8.80. The number of aromatic nitrogens is 5. The van der Waals surface area contributed by atoms with Crippen molar-refractivity contribution >= 4 is 40.6 Å². The molecule has 0 spiro atoms. The second-order valence-electron chi connectivity index (χ2n) is 8.10. The SMILES string of the molecule is C[C@@H]1CCC[N+]1(C(=O)CSc1ncc2[nH]cnc2n1)C(=O)Nc1ccccc1-n1cccc1. The van der Waals surface area contributed by atoms with Crippen LogP contribution in [0.25, 0.3) is 16.9 Å². The molecule has 1 aromatic carbocycles. The van der Waals surface area contributed by atoms with Crippen molar-refractivity contribution in [3.05, 3.63) is 61.3 Å². The number of nitrogens with one attached hydrogen (secondary N) is 2. The molecular formula is C23H24N7O2S+. The summed E-state index contributed by atoms with van der Waals surface area (Å²) in [4.78, 5) is 42.9. The summed E-state index contributed by atoms with van der Waals surface area (Å²) in [5.74, 6) is -0.0425. The first kappa shape index (κ1) is 21.4. The zero-order valence-electron chi connectivity index (χ0n) is 18.1. The van der Waals surface area contributed by atoms with Crippen molar-refractivity contribution in [2.24, 2.45) is 0 Å². The van der Waals surface area contributed by atoms with Crippen LogP contribution in [0, 0.1) is 0 Å². The molecule has 3 aromatic heterocycles. The van der Waals surface area contributed by atoms with E-state index in [1.165, 1.54) is 11.8 Å². The summed E-state index contributed by atoms with van der Waals surface area (Å²) >= 11 is 1.23. The molecule has 1 aliphatic rings. The molecule has 168 valence electrons. The van der Waals surface area contributed by atoms with Gasteiger partial charge < -0.3 is 9.55 Å². The number of hydrogen-bond donors (Lipinski definition) is 2. The fourth-order valence-electron chi connectivity index (χ4n) is 4.41. The van der Waals surface area contributed by atoms with Gasteiger partial charge in [-0.3, -0.25) is 5.32 Å². The van der Waals surface area contributed by atoms with Crippen molar-refractivity contribution in [2.45, 2.75) is 31.0 Å². The van der Waals surface area contributed by atoms with Gasteiger partial charge in [0.05, 0.1) is 30.4 Å². The number of aromatic amines is 1. The number of hydrogen-bond acceptors (Lipinski definition) is 6. The molecular weight excluding hydrogens is 438 g/mol. The van der Waals surface area contributed by atoms with Crippen LogP contribution >= 0.6 is 11.8 Å². The number of imidazole rings is 1. The average Bonchev–Trinajstić information content (AvgIpc) is 3.58. The van der Waals surface area contributed by atoms with E-state index in [9.17, 15) is 9.59 Å². The zero-order valence-corrected chi connectivity index (χ0v) is 19.0. The topological polar surface area (TPSA) is 106 Å². The van der Waals surface area contributed by atoms with E-state index in [2.05, 4.69) is 25.3 Å². The maximum absolute atomic E-state index is 13.6. The molecule has 1 fully saturated rings. The molecule has 0 bridgehead atoms. The number of para-hydroxylation sites is 2. The van der Waals surface area contributed by atoms with Gasteiger partial charge in [-0.05, 0) is 31.2 Å². The molecule has 1 aliphatic heterocycles. The highest BCUT2D eigenvalue weighted by Crippen LogP contribution is 2.32. The lowest BCUT2D eigenvalue weighted by Crippen LogP contribution is -2.61. The summed E-state index contributed by atoms with van der Waals surface area (Å²) < 4.78 is 1.71. The van der Waals surface area contributed by atoms with E-state index in [1.54, 1.807) is 12.5 Å². The van der Waals surface area contributed by atoms with Crippen molar-refractivity contribution in [3.63, 3.8) is 0 Å². The highest BCUT2D eigenvalue weighted by Gasteiger charge is 2.52. The maximum Gasteiger partial charge on any atom is 0.428 e. The molecule has 1 saturated heterocycles. The maximum atomic E-state index is 13.6. The van der Waals surface area contributed by atoms with Crippen molar-refractivity contribution in [3.8, 4) is 5.69 Å². The Morgan fingerprint density at radius 3 is 2.82 bits per heavy atom. The number of fused-ring (bicyclic) bond motifs is 1. The minimum Gasteiger partial charge on any atom is -0.342 e. The van der Waals surface area contributed by atoms with Gasteiger partial charge in [-0.25, -0.2) is 24.5 Å². The molecule has 10 heteroatoms. The zero-order chi connectivity index (χ0) is 22.8. The first-order valence-corrected chi connectivity index (χ1v) is 11.8. The molecule has 4 heterocycles. The molecule has 2 N–H and O–H groups in total. The number of likely N-dealkylation sites (tertiary alicyclic amines) is 1. The van der Waals surface area contributed by atoms with E-state index >= 15 is 0 Å². The van der Waals surface area contributed by atoms with Gasteiger partial charge in [-0.15, -0.1) is 0 Å². The number of nitrogens with zero attached hydrogens (tertiary/aromatic N) is 5. The molecule has 0 saturated carbocycles. The van der Waals surface area contributed by atoms with Crippen molar-refractivity contribution in [2.75, 3.05) is 17.6 Å². The second-order valence-corrected chi connectivity index (χ2v) is 9.04. The number of urea groups is 1. The number of thioether (sulfide) groups is 1. The molecule has 1 unspecified atom stereocenters. The van der Waals surface area contributed by atoms with E-state index < -0.39 is 0 Å². The molecule has 5 rings (SSSR count). The van der Waals surface area contributed by atoms with Gasteiger partial charge in [0.15, 0.2) is 10.8 Å². The minimum absolute atomic E-state index is 0.104. The Morgan fingerprint density at radius 2 is 2.03 bits per heavy atom. The van der Waals surface area contributed by atoms with Crippen LogP contribution in [0.15, 0.2) is 66.5 Å². The number of carbonyl (C=O) groups is 2. The third-order valence-electron chi connectivity index (χ3n) is 6.20. The Bertz CT molecular complexity index is 1300. The van der Waals surface area contributed by atoms with Crippen LogP contribution in [-0.4, -0.2) is 59.3 Å². The van der Waals surface area contributed by atoms with Gasteiger partial charge in [0.2, 0.25) is 0 Å². The fourth-order valence-corrected chi connectivity index (χ4v) is 5.17. The Hall–Kier alpha value is -3.50. The van der Waals surface area contributed by atoms with Crippen LogP contribution < -0.4 is 5.32 Å². The summed E-state index contributed by atoms with van der Waals surface area (Å²) in [6.45, 7) is 2.45. The lowest BCUT2D eigenvalue weighted by atomic mass is 10.2. The van der Waals surface area contributed by atoms with E-state index in [-0.39, 0.29) is 28.2 Å². The van der Waals surface area contributed by atoms with Crippen LogP contribution in [-0.2, 0) is 4.79 Å². The number of anilines is 1. The largest absolute Gasteiger partial charge is 0.428 e. The molecule has 3 amide bonds. The van der Waals surface area contributed by atoms with Gasteiger partial charge in [0.1, 0.15) is 17.3 Å². The number of amides is 3. The number of carbonyl (C=O) groups excluding carboxylic acids is 2. The van der Waals surface area contributed by atoms with Gasteiger partial charge in [0.25, 0.3) is 0 Å². The van der Waals surface area contributed by atoms with Crippen LogP contribution in [0.3, 0.4) is 0 Å². The summed E-state index contributed by atoms with van der Waals surface area (Å²) in [6.07, 6.45) is 8.69.